The third kappa shape index (κ3) is 3.33. The Morgan fingerprint density at radius 1 is 1.32 bits per heavy atom. The number of nitrogens with zero attached hydrogens (tertiary/aromatic N) is 2. The first-order valence-corrected chi connectivity index (χ1v) is 8.39. The molecular weight excluding hydrogens is 274 g/mol. The van der Waals surface area contributed by atoms with Gasteiger partial charge in [0.1, 0.15) is 0 Å². The van der Waals surface area contributed by atoms with Crippen LogP contribution in [0, 0.1) is 11.8 Å². The summed E-state index contributed by atoms with van der Waals surface area (Å²) in [6, 6.07) is 10.4. The lowest BCUT2D eigenvalue weighted by atomic mass is 9.89. The van der Waals surface area contributed by atoms with E-state index in [2.05, 4.69) is 29.3 Å². The van der Waals surface area contributed by atoms with Crippen LogP contribution in [0.25, 0.3) is 0 Å². The molecule has 1 aromatic rings. The number of rotatable bonds is 4. The fraction of sp³-hybridized carbons (Fsp3) is 0.611. The Kier molecular flexibility index (Phi) is 4.79. The highest BCUT2D eigenvalue weighted by atomic mass is 16.2. The van der Waals surface area contributed by atoms with Gasteiger partial charge in [0, 0.05) is 13.6 Å². The van der Waals surface area contributed by atoms with E-state index in [0.29, 0.717) is 6.54 Å². The molecule has 120 valence electrons. The van der Waals surface area contributed by atoms with Crippen LogP contribution in [-0.4, -0.2) is 55.5 Å². The number of amides is 1. The van der Waals surface area contributed by atoms with Crippen LogP contribution >= 0.6 is 0 Å². The van der Waals surface area contributed by atoms with Crippen LogP contribution in [0.5, 0.6) is 0 Å². The van der Waals surface area contributed by atoms with Crippen LogP contribution in [0.1, 0.15) is 24.9 Å². The van der Waals surface area contributed by atoms with E-state index >= 15 is 0 Å². The van der Waals surface area contributed by atoms with E-state index in [1.54, 1.807) is 0 Å². The SMILES string of the molecule is CC(c1ccccc1)N(C)C(=O)CN1CCC2CNCC2C1. The Bertz CT molecular complexity index is 504. The van der Waals surface area contributed by atoms with Gasteiger partial charge >= 0.3 is 0 Å². The molecule has 0 aromatic heterocycles. The number of likely N-dealkylation sites (N-methyl/N-ethyl adjacent to an activating group) is 1. The molecule has 4 heteroatoms. The van der Waals surface area contributed by atoms with Crippen LogP contribution in [0.3, 0.4) is 0 Å². The molecule has 3 atom stereocenters. The monoisotopic (exact) mass is 301 g/mol. The zero-order chi connectivity index (χ0) is 15.5. The molecule has 4 nitrogen and oxygen atoms in total. The number of carbonyl (C=O) groups is 1. The topological polar surface area (TPSA) is 35.6 Å². The Morgan fingerprint density at radius 3 is 2.82 bits per heavy atom. The smallest absolute Gasteiger partial charge is 0.236 e. The molecule has 1 N–H and O–H groups in total. The van der Waals surface area contributed by atoms with E-state index in [4.69, 9.17) is 0 Å². The number of nitrogens with one attached hydrogen (secondary N) is 1. The molecule has 0 aliphatic carbocycles. The molecule has 2 aliphatic rings. The van der Waals surface area contributed by atoms with Crippen molar-refractivity contribution in [1.82, 2.24) is 15.1 Å². The number of piperidine rings is 1. The second-order valence-corrected chi connectivity index (χ2v) is 6.79. The zero-order valence-corrected chi connectivity index (χ0v) is 13.7. The lowest BCUT2D eigenvalue weighted by molar-refractivity contribution is -0.133. The third-order valence-corrected chi connectivity index (χ3v) is 5.40. The van der Waals surface area contributed by atoms with Crippen LogP contribution in [0.4, 0.5) is 0 Å². The maximum Gasteiger partial charge on any atom is 0.236 e. The molecule has 0 saturated carbocycles. The van der Waals surface area contributed by atoms with Gasteiger partial charge in [0.2, 0.25) is 5.91 Å². The van der Waals surface area contributed by atoms with E-state index in [-0.39, 0.29) is 11.9 Å². The second kappa shape index (κ2) is 6.80. The van der Waals surface area contributed by atoms with E-state index in [9.17, 15) is 4.79 Å². The minimum absolute atomic E-state index is 0.124. The van der Waals surface area contributed by atoms with Gasteiger partial charge in [-0.1, -0.05) is 30.3 Å². The summed E-state index contributed by atoms with van der Waals surface area (Å²) < 4.78 is 0. The van der Waals surface area contributed by atoms with Crippen molar-refractivity contribution in [2.45, 2.75) is 19.4 Å². The van der Waals surface area contributed by atoms with Crippen molar-refractivity contribution in [3.63, 3.8) is 0 Å². The predicted octanol–water partition coefficient (Wildman–Crippen LogP) is 1.75. The van der Waals surface area contributed by atoms with Gasteiger partial charge < -0.3 is 10.2 Å². The maximum absolute atomic E-state index is 12.6. The van der Waals surface area contributed by atoms with Crippen molar-refractivity contribution in [3.05, 3.63) is 35.9 Å². The van der Waals surface area contributed by atoms with Crippen molar-refractivity contribution in [3.8, 4) is 0 Å². The molecule has 2 fully saturated rings. The minimum Gasteiger partial charge on any atom is -0.338 e. The Hall–Kier alpha value is -1.39. The molecule has 2 aliphatic heterocycles. The zero-order valence-electron chi connectivity index (χ0n) is 13.7. The van der Waals surface area contributed by atoms with E-state index < -0.39 is 0 Å². The second-order valence-electron chi connectivity index (χ2n) is 6.79. The van der Waals surface area contributed by atoms with Crippen LogP contribution in [0.15, 0.2) is 30.3 Å². The molecule has 3 unspecified atom stereocenters. The van der Waals surface area contributed by atoms with Gasteiger partial charge in [0.05, 0.1) is 12.6 Å². The summed E-state index contributed by atoms with van der Waals surface area (Å²) in [7, 11) is 1.92. The maximum atomic E-state index is 12.6. The number of hydrogen-bond acceptors (Lipinski definition) is 3. The molecule has 0 bridgehead atoms. The van der Waals surface area contributed by atoms with Crippen molar-refractivity contribution in [2.75, 3.05) is 39.8 Å². The molecule has 22 heavy (non-hydrogen) atoms. The van der Waals surface area contributed by atoms with Crippen molar-refractivity contribution >= 4 is 5.91 Å². The summed E-state index contributed by atoms with van der Waals surface area (Å²) in [5.41, 5.74) is 1.19. The first kappa shape index (κ1) is 15.5. The molecular formula is C18H27N3O. The Labute approximate surface area is 133 Å². The molecule has 1 amide bonds. The van der Waals surface area contributed by atoms with E-state index in [1.807, 2.05) is 30.1 Å². The standard InChI is InChI=1S/C18H27N3O/c1-14(15-6-4-3-5-7-15)20(2)18(22)13-21-9-8-16-10-19-11-17(16)12-21/h3-7,14,16-17,19H,8-13H2,1-2H3. The number of carbonyl (C=O) groups excluding carboxylic acids is 1. The first-order valence-electron chi connectivity index (χ1n) is 8.39. The highest BCUT2D eigenvalue weighted by Gasteiger charge is 2.33. The molecule has 1 aromatic carbocycles. The largest absolute Gasteiger partial charge is 0.338 e. The first-order chi connectivity index (χ1) is 10.6. The van der Waals surface area contributed by atoms with Gasteiger partial charge in [0.25, 0.3) is 0 Å². The highest BCUT2D eigenvalue weighted by Crippen LogP contribution is 2.26. The normalized spacial score (nSPS) is 26.5. The Morgan fingerprint density at radius 2 is 2.05 bits per heavy atom. The number of hydrogen-bond donors (Lipinski definition) is 1. The minimum atomic E-state index is 0.124. The molecule has 0 spiro atoms. The lowest BCUT2D eigenvalue weighted by Crippen LogP contribution is -2.45. The van der Waals surface area contributed by atoms with Gasteiger partial charge in [-0.15, -0.1) is 0 Å². The van der Waals surface area contributed by atoms with Crippen molar-refractivity contribution < 1.29 is 4.79 Å². The highest BCUT2D eigenvalue weighted by molar-refractivity contribution is 5.78. The molecule has 2 saturated heterocycles. The predicted molar refractivity (Wildman–Crippen MR) is 88.5 cm³/mol. The van der Waals surface area contributed by atoms with Gasteiger partial charge in [-0.05, 0) is 50.4 Å². The van der Waals surface area contributed by atoms with E-state index in [0.717, 1.165) is 38.0 Å². The third-order valence-electron chi connectivity index (χ3n) is 5.40. The quantitative estimate of drug-likeness (QED) is 0.920. The summed E-state index contributed by atoms with van der Waals surface area (Å²) in [5.74, 6) is 1.78. The van der Waals surface area contributed by atoms with Crippen LogP contribution in [-0.2, 0) is 4.79 Å². The van der Waals surface area contributed by atoms with Gasteiger partial charge in [-0.3, -0.25) is 9.69 Å². The van der Waals surface area contributed by atoms with E-state index in [1.165, 1.54) is 12.0 Å². The van der Waals surface area contributed by atoms with Gasteiger partial charge in [0.15, 0.2) is 0 Å². The van der Waals surface area contributed by atoms with Crippen molar-refractivity contribution in [2.24, 2.45) is 11.8 Å². The summed E-state index contributed by atoms with van der Waals surface area (Å²) in [6.45, 7) is 7.05. The average Bonchev–Trinajstić information content (AvgIpc) is 3.02. The average molecular weight is 301 g/mol. The molecule has 3 rings (SSSR count). The molecule has 0 radical (unpaired) electrons. The summed E-state index contributed by atoms with van der Waals surface area (Å²) >= 11 is 0. The summed E-state index contributed by atoms with van der Waals surface area (Å²) in [5, 5.41) is 3.48. The Balaban J connectivity index is 1.55. The fourth-order valence-corrected chi connectivity index (χ4v) is 3.73. The lowest BCUT2D eigenvalue weighted by Gasteiger charge is -2.35. The van der Waals surface area contributed by atoms with Gasteiger partial charge in [-0.2, -0.15) is 0 Å². The van der Waals surface area contributed by atoms with Crippen LogP contribution in [0.2, 0.25) is 0 Å². The fourth-order valence-electron chi connectivity index (χ4n) is 3.73. The summed E-state index contributed by atoms with van der Waals surface area (Å²) in [4.78, 5) is 16.8. The summed E-state index contributed by atoms with van der Waals surface area (Å²) in [6.07, 6.45) is 1.23. The van der Waals surface area contributed by atoms with Crippen LogP contribution < -0.4 is 5.32 Å². The number of benzene rings is 1. The molecule has 2 heterocycles. The number of likely N-dealkylation sites (tertiary alicyclic amines) is 1. The number of fused-ring (bicyclic) bond motifs is 1. The van der Waals surface area contributed by atoms with Gasteiger partial charge in [-0.25, -0.2) is 0 Å². The van der Waals surface area contributed by atoms with Crippen molar-refractivity contribution in [1.29, 1.82) is 0 Å².